The van der Waals surface area contributed by atoms with E-state index in [4.69, 9.17) is 4.74 Å². The lowest BCUT2D eigenvalue weighted by Gasteiger charge is -2.45. The molecule has 1 saturated carbocycles. The fourth-order valence-corrected chi connectivity index (χ4v) is 6.49. The Morgan fingerprint density at radius 2 is 1.52 bits per heavy atom. The van der Waals surface area contributed by atoms with Crippen LogP contribution in [-0.4, -0.2) is 23.5 Å². The Bertz CT molecular complexity index is 1540. The SMILES string of the molecule is C=C[C@@](Cc1ccccc1)(NC(=O)c1ccccc1)C(=O)O[C@@H]1C[C@H](C)CC[C@H]1C(C)(C)c1ccc2ccccc2c1. The molecule has 4 aromatic rings. The van der Waals surface area contributed by atoms with E-state index < -0.39 is 11.5 Å². The van der Waals surface area contributed by atoms with Gasteiger partial charge in [0.25, 0.3) is 5.91 Å². The first-order valence-electron chi connectivity index (χ1n) is 15.0. The Labute approximate surface area is 249 Å². The first-order chi connectivity index (χ1) is 20.2. The second-order valence-corrected chi connectivity index (χ2v) is 12.4. The van der Waals surface area contributed by atoms with Gasteiger partial charge in [-0.1, -0.05) is 124 Å². The van der Waals surface area contributed by atoms with Crippen molar-refractivity contribution < 1.29 is 14.3 Å². The zero-order chi connectivity index (χ0) is 29.7. The summed E-state index contributed by atoms with van der Waals surface area (Å²) in [5.41, 5.74) is 0.961. The Morgan fingerprint density at radius 1 is 0.881 bits per heavy atom. The molecule has 216 valence electrons. The number of carbonyl (C=O) groups is 2. The first kappa shape index (κ1) is 29.3. The second kappa shape index (κ2) is 12.4. The standard InChI is InChI=1S/C38H41NO3/c1-5-38(26-28-14-8-6-9-15-28,39-35(40)30-17-10-7-11-18-30)36(41)42-34-24-27(2)20-23-33(34)37(3,4)32-22-21-29-16-12-13-19-31(29)25-32/h5-19,21-22,25,27,33-34H,1,20,23-24,26H2,2-4H3,(H,39,40)/t27-,33-,34-,38+/m1/s1. The van der Waals surface area contributed by atoms with Crippen molar-refractivity contribution in [2.45, 2.75) is 63.5 Å². The minimum Gasteiger partial charge on any atom is -0.460 e. The van der Waals surface area contributed by atoms with Crippen molar-refractivity contribution in [3.8, 4) is 0 Å². The Kier molecular flexibility index (Phi) is 8.63. The number of carbonyl (C=O) groups excluding carboxylic acids is 2. The smallest absolute Gasteiger partial charge is 0.336 e. The molecule has 0 saturated heterocycles. The number of fused-ring (bicyclic) bond motifs is 1. The topological polar surface area (TPSA) is 55.4 Å². The number of hydrogen-bond donors (Lipinski definition) is 1. The van der Waals surface area contributed by atoms with E-state index in [1.165, 1.54) is 16.3 Å². The molecule has 42 heavy (non-hydrogen) atoms. The molecule has 1 aliphatic rings. The highest BCUT2D eigenvalue weighted by Crippen LogP contribution is 2.44. The monoisotopic (exact) mass is 559 g/mol. The highest BCUT2D eigenvalue weighted by atomic mass is 16.5. The third kappa shape index (κ3) is 6.18. The van der Waals surface area contributed by atoms with Crippen LogP contribution in [-0.2, 0) is 21.4 Å². The summed E-state index contributed by atoms with van der Waals surface area (Å²) >= 11 is 0. The van der Waals surface area contributed by atoms with Crippen molar-refractivity contribution in [1.82, 2.24) is 5.32 Å². The van der Waals surface area contributed by atoms with Crippen LogP contribution in [0, 0.1) is 11.8 Å². The maximum Gasteiger partial charge on any atom is 0.336 e. The van der Waals surface area contributed by atoms with Crippen LogP contribution in [0.25, 0.3) is 10.8 Å². The molecule has 1 aliphatic carbocycles. The summed E-state index contributed by atoms with van der Waals surface area (Å²) in [7, 11) is 0. The zero-order valence-corrected chi connectivity index (χ0v) is 24.9. The summed E-state index contributed by atoms with van der Waals surface area (Å²) in [6.07, 6.45) is 4.30. The predicted octanol–water partition coefficient (Wildman–Crippen LogP) is 8.06. The van der Waals surface area contributed by atoms with Crippen molar-refractivity contribution in [2.24, 2.45) is 11.8 Å². The van der Waals surface area contributed by atoms with Gasteiger partial charge in [-0.2, -0.15) is 0 Å². The van der Waals surface area contributed by atoms with Gasteiger partial charge < -0.3 is 10.1 Å². The molecule has 4 atom stereocenters. The van der Waals surface area contributed by atoms with Gasteiger partial charge in [0.2, 0.25) is 0 Å². The molecule has 0 heterocycles. The van der Waals surface area contributed by atoms with Gasteiger partial charge in [0.05, 0.1) is 0 Å². The number of nitrogens with one attached hydrogen (secondary N) is 1. The normalized spacial score (nSPS) is 20.3. The van der Waals surface area contributed by atoms with Gasteiger partial charge in [-0.25, -0.2) is 4.79 Å². The minimum atomic E-state index is -1.42. The number of hydrogen-bond acceptors (Lipinski definition) is 3. The average molecular weight is 560 g/mol. The molecular weight excluding hydrogens is 518 g/mol. The number of rotatable bonds is 9. The van der Waals surface area contributed by atoms with Crippen molar-refractivity contribution >= 4 is 22.6 Å². The van der Waals surface area contributed by atoms with Crippen LogP contribution in [0.1, 0.15) is 61.5 Å². The van der Waals surface area contributed by atoms with Crippen LogP contribution in [0.15, 0.2) is 116 Å². The highest BCUT2D eigenvalue weighted by Gasteiger charge is 2.46. The Balaban J connectivity index is 1.46. The summed E-state index contributed by atoms with van der Waals surface area (Å²) in [6, 6.07) is 33.7. The summed E-state index contributed by atoms with van der Waals surface area (Å²) in [5.74, 6) is -0.266. The van der Waals surface area contributed by atoms with Gasteiger partial charge in [0.1, 0.15) is 6.10 Å². The van der Waals surface area contributed by atoms with Crippen molar-refractivity contribution in [2.75, 3.05) is 0 Å². The van der Waals surface area contributed by atoms with E-state index in [1.807, 2.05) is 48.5 Å². The van der Waals surface area contributed by atoms with E-state index >= 15 is 0 Å². The van der Waals surface area contributed by atoms with Gasteiger partial charge >= 0.3 is 5.97 Å². The van der Waals surface area contributed by atoms with E-state index in [-0.39, 0.29) is 29.8 Å². The molecule has 4 aromatic carbocycles. The maximum atomic E-state index is 14.3. The second-order valence-electron chi connectivity index (χ2n) is 12.4. The number of esters is 1. The van der Waals surface area contributed by atoms with Crippen LogP contribution >= 0.6 is 0 Å². The first-order valence-corrected chi connectivity index (χ1v) is 15.0. The zero-order valence-electron chi connectivity index (χ0n) is 24.9. The molecule has 0 bridgehead atoms. The lowest BCUT2D eigenvalue weighted by Crippen LogP contribution is -2.57. The van der Waals surface area contributed by atoms with Crippen LogP contribution in [0.3, 0.4) is 0 Å². The molecule has 0 aromatic heterocycles. The largest absolute Gasteiger partial charge is 0.460 e. The van der Waals surface area contributed by atoms with Crippen LogP contribution in [0.4, 0.5) is 0 Å². The summed E-state index contributed by atoms with van der Waals surface area (Å²) in [6.45, 7) is 10.8. The van der Waals surface area contributed by atoms with E-state index in [0.717, 1.165) is 24.8 Å². The number of ether oxygens (including phenoxy) is 1. The molecule has 0 radical (unpaired) electrons. The minimum absolute atomic E-state index is 0.114. The quantitative estimate of drug-likeness (QED) is 0.167. The molecule has 5 rings (SSSR count). The van der Waals surface area contributed by atoms with Crippen molar-refractivity contribution in [3.05, 3.63) is 132 Å². The summed E-state index contributed by atoms with van der Waals surface area (Å²) < 4.78 is 6.51. The molecular formula is C38H41NO3. The molecule has 1 fully saturated rings. The number of benzene rings is 4. The molecule has 1 amide bonds. The lowest BCUT2D eigenvalue weighted by atomic mass is 9.64. The molecule has 1 N–H and O–H groups in total. The maximum absolute atomic E-state index is 14.3. The molecule has 0 spiro atoms. The molecule has 0 unspecified atom stereocenters. The molecule has 4 nitrogen and oxygen atoms in total. The Morgan fingerprint density at radius 3 is 2.21 bits per heavy atom. The summed E-state index contributed by atoms with van der Waals surface area (Å²) in [4.78, 5) is 27.7. The Hall–Kier alpha value is -4.18. The van der Waals surface area contributed by atoms with Gasteiger partial charge in [-0.3, -0.25) is 4.79 Å². The third-order valence-corrected chi connectivity index (χ3v) is 9.14. The van der Waals surface area contributed by atoms with Gasteiger partial charge in [0.15, 0.2) is 5.54 Å². The van der Waals surface area contributed by atoms with Crippen molar-refractivity contribution in [1.29, 1.82) is 0 Å². The summed E-state index contributed by atoms with van der Waals surface area (Å²) in [5, 5.41) is 5.44. The average Bonchev–Trinajstić information content (AvgIpc) is 3.01. The number of amides is 1. The van der Waals surface area contributed by atoms with Crippen LogP contribution in [0.2, 0.25) is 0 Å². The molecule has 0 aliphatic heterocycles. The fraction of sp³-hybridized carbons (Fsp3) is 0.316. The van der Waals surface area contributed by atoms with Crippen LogP contribution in [0.5, 0.6) is 0 Å². The van der Waals surface area contributed by atoms with E-state index in [0.29, 0.717) is 11.5 Å². The van der Waals surface area contributed by atoms with E-state index in [2.05, 4.69) is 75.1 Å². The van der Waals surface area contributed by atoms with E-state index in [9.17, 15) is 9.59 Å². The van der Waals surface area contributed by atoms with Gasteiger partial charge in [-0.15, -0.1) is 6.58 Å². The van der Waals surface area contributed by atoms with Gasteiger partial charge in [0, 0.05) is 17.9 Å². The predicted molar refractivity (Wildman–Crippen MR) is 170 cm³/mol. The molecule has 4 heteroatoms. The van der Waals surface area contributed by atoms with Gasteiger partial charge in [-0.05, 0) is 58.2 Å². The lowest BCUT2D eigenvalue weighted by molar-refractivity contribution is -0.162. The van der Waals surface area contributed by atoms with Crippen LogP contribution < -0.4 is 5.32 Å². The fourth-order valence-electron chi connectivity index (χ4n) is 6.49. The third-order valence-electron chi connectivity index (χ3n) is 9.14. The highest BCUT2D eigenvalue weighted by molar-refractivity contribution is 5.99. The van der Waals surface area contributed by atoms with E-state index in [1.54, 1.807) is 18.2 Å². The van der Waals surface area contributed by atoms with Crippen molar-refractivity contribution in [3.63, 3.8) is 0 Å².